The molecule has 0 aliphatic heterocycles. The second-order valence-electron chi connectivity index (χ2n) is 1.18. The van der Waals surface area contributed by atoms with Gasteiger partial charge in [0.25, 0.3) is 0 Å². The molecule has 4 heteroatoms. The first kappa shape index (κ1) is 7.19. The number of allylic oxidation sites excluding steroid dienone is 1. The van der Waals surface area contributed by atoms with Gasteiger partial charge in [-0.15, -0.1) is 0 Å². The van der Waals surface area contributed by atoms with E-state index in [9.17, 15) is 4.79 Å². The summed E-state index contributed by atoms with van der Waals surface area (Å²) < 4.78 is 0. The summed E-state index contributed by atoms with van der Waals surface area (Å²) in [5.41, 5.74) is 4.35. The molecule has 0 spiro atoms. The van der Waals surface area contributed by atoms with Crippen molar-refractivity contribution >= 4 is 5.91 Å². The molecule has 0 aliphatic rings. The van der Waals surface area contributed by atoms with Gasteiger partial charge in [0, 0.05) is 6.08 Å². The molecule has 0 heterocycles. The molecule has 0 unspecified atom stereocenters. The van der Waals surface area contributed by atoms with Gasteiger partial charge in [-0.2, -0.15) is 10.5 Å². The zero-order chi connectivity index (χ0) is 7.28. The number of amides is 1. The van der Waals surface area contributed by atoms with Gasteiger partial charge in [0.05, 0.1) is 0 Å². The largest absolute Gasteiger partial charge is 0.366 e. The van der Waals surface area contributed by atoms with Crippen molar-refractivity contribution in [1.82, 2.24) is 0 Å². The van der Waals surface area contributed by atoms with Gasteiger partial charge in [0.1, 0.15) is 17.7 Å². The fraction of sp³-hybridized carbons (Fsp3) is 0. The van der Waals surface area contributed by atoms with E-state index in [0.717, 1.165) is 6.08 Å². The van der Waals surface area contributed by atoms with E-state index in [0.29, 0.717) is 0 Å². The quantitative estimate of drug-likeness (QED) is 0.372. The molecule has 0 saturated carbocycles. The number of carbonyl (C=O) groups is 1. The number of nitrogens with two attached hydrogens (primary N) is 1. The summed E-state index contributed by atoms with van der Waals surface area (Å²) in [7, 11) is 0. The Kier molecular flexibility index (Phi) is 2.58. The number of nitrogens with zero attached hydrogens (tertiary/aromatic N) is 2. The average Bonchev–Trinajstić information content (AvgIpc) is 1.82. The Morgan fingerprint density at radius 1 is 1.44 bits per heavy atom. The SMILES string of the molecule is N#CC(C#N)=CC(N)=O. The van der Waals surface area contributed by atoms with E-state index in [1.165, 1.54) is 12.1 Å². The van der Waals surface area contributed by atoms with Crippen molar-refractivity contribution in [2.75, 3.05) is 0 Å². The van der Waals surface area contributed by atoms with Gasteiger partial charge in [0.15, 0.2) is 0 Å². The van der Waals surface area contributed by atoms with Crippen molar-refractivity contribution < 1.29 is 4.79 Å². The molecule has 44 valence electrons. The zero-order valence-corrected chi connectivity index (χ0v) is 4.46. The van der Waals surface area contributed by atoms with Crippen LogP contribution in [-0.4, -0.2) is 5.91 Å². The molecule has 2 N–H and O–H groups in total. The topological polar surface area (TPSA) is 90.7 Å². The first-order valence-corrected chi connectivity index (χ1v) is 2.02. The third-order valence-corrected chi connectivity index (χ3v) is 0.527. The van der Waals surface area contributed by atoms with Crippen LogP contribution < -0.4 is 5.73 Å². The number of nitriles is 2. The highest BCUT2D eigenvalue weighted by molar-refractivity contribution is 5.88. The van der Waals surface area contributed by atoms with Gasteiger partial charge < -0.3 is 5.73 Å². The van der Waals surface area contributed by atoms with E-state index >= 15 is 0 Å². The van der Waals surface area contributed by atoms with Gasteiger partial charge in [-0.05, 0) is 0 Å². The van der Waals surface area contributed by atoms with Crippen LogP contribution in [0.3, 0.4) is 0 Å². The molecular weight excluding hydrogens is 118 g/mol. The summed E-state index contributed by atoms with van der Waals surface area (Å²) >= 11 is 0. The summed E-state index contributed by atoms with van der Waals surface area (Å²) in [6.45, 7) is 0. The number of carbonyl (C=O) groups excluding carboxylic acids is 1. The molecule has 0 saturated heterocycles. The Hall–Kier alpha value is -1.81. The van der Waals surface area contributed by atoms with Crippen LogP contribution in [0, 0.1) is 22.7 Å². The lowest BCUT2D eigenvalue weighted by molar-refractivity contribution is -0.113. The molecule has 0 radical (unpaired) electrons. The number of hydrogen-bond acceptors (Lipinski definition) is 3. The van der Waals surface area contributed by atoms with E-state index in [1.807, 2.05) is 0 Å². The fourth-order valence-corrected chi connectivity index (χ4v) is 0.232. The monoisotopic (exact) mass is 121 g/mol. The molecule has 0 aromatic carbocycles. The second-order valence-corrected chi connectivity index (χ2v) is 1.18. The van der Waals surface area contributed by atoms with Crippen LogP contribution in [-0.2, 0) is 4.79 Å². The summed E-state index contributed by atoms with van der Waals surface area (Å²) in [4.78, 5) is 9.97. The van der Waals surface area contributed by atoms with Crippen molar-refractivity contribution in [2.24, 2.45) is 5.73 Å². The Balaban J connectivity index is 4.37. The van der Waals surface area contributed by atoms with Crippen LogP contribution in [0.25, 0.3) is 0 Å². The smallest absolute Gasteiger partial charge is 0.243 e. The molecule has 0 fully saturated rings. The summed E-state index contributed by atoms with van der Waals surface area (Å²) in [5, 5.41) is 16.1. The maximum Gasteiger partial charge on any atom is 0.243 e. The third kappa shape index (κ3) is 2.84. The fourth-order valence-electron chi connectivity index (χ4n) is 0.232. The Labute approximate surface area is 51.8 Å². The van der Waals surface area contributed by atoms with E-state index in [4.69, 9.17) is 10.5 Å². The second kappa shape index (κ2) is 3.23. The highest BCUT2D eigenvalue weighted by Gasteiger charge is 1.92. The summed E-state index contributed by atoms with van der Waals surface area (Å²) in [6.07, 6.45) is 0.778. The van der Waals surface area contributed by atoms with Gasteiger partial charge in [-0.25, -0.2) is 0 Å². The minimum Gasteiger partial charge on any atom is -0.366 e. The van der Waals surface area contributed by atoms with Gasteiger partial charge in [-0.1, -0.05) is 0 Å². The maximum absolute atomic E-state index is 9.97. The van der Waals surface area contributed by atoms with E-state index in [1.54, 1.807) is 0 Å². The molecule has 4 nitrogen and oxygen atoms in total. The number of primary amides is 1. The summed E-state index contributed by atoms with van der Waals surface area (Å²) in [5.74, 6) is -0.784. The molecule has 0 aliphatic carbocycles. The van der Waals surface area contributed by atoms with Crippen LogP contribution in [0.4, 0.5) is 0 Å². The highest BCUT2D eigenvalue weighted by atomic mass is 16.1. The molecule has 0 aromatic rings. The predicted molar refractivity (Wildman–Crippen MR) is 28.5 cm³/mol. The van der Waals surface area contributed by atoms with Crippen LogP contribution >= 0.6 is 0 Å². The van der Waals surface area contributed by atoms with Crippen LogP contribution in [0.2, 0.25) is 0 Å². The van der Waals surface area contributed by atoms with Crippen molar-refractivity contribution in [3.05, 3.63) is 11.6 Å². The number of rotatable bonds is 1. The van der Waals surface area contributed by atoms with Gasteiger partial charge in [0.2, 0.25) is 5.91 Å². The van der Waals surface area contributed by atoms with Gasteiger partial charge in [-0.3, -0.25) is 4.79 Å². The zero-order valence-electron chi connectivity index (χ0n) is 4.46. The lowest BCUT2D eigenvalue weighted by Crippen LogP contribution is -2.06. The molecule has 0 rings (SSSR count). The maximum atomic E-state index is 9.97. The first-order valence-electron chi connectivity index (χ1n) is 2.02. The molecule has 0 aromatic heterocycles. The highest BCUT2D eigenvalue weighted by Crippen LogP contribution is 1.85. The predicted octanol–water partition coefficient (Wildman–Crippen LogP) is -0.555. The Bertz CT molecular complexity index is 212. The van der Waals surface area contributed by atoms with Crippen molar-refractivity contribution in [3.8, 4) is 12.1 Å². The molecule has 0 atom stereocenters. The van der Waals surface area contributed by atoms with Crippen molar-refractivity contribution in [2.45, 2.75) is 0 Å². The first-order chi connectivity index (χ1) is 4.20. The van der Waals surface area contributed by atoms with E-state index in [-0.39, 0.29) is 5.57 Å². The molecule has 1 amide bonds. The molecule has 9 heavy (non-hydrogen) atoms. The molecular formula is C5H3N3O. The van der Waals surface area contributed by atoms with Crippen LogP contribution in [0.1, 0.15) is 0 Å². The van der Waals surface area contributed by atoms with E-state index in [2.05, 4.69) is 5.73 Å². The Morgan fingerprint density at radius 2 is 1.89 bits per heavy atom. The lowest BCUT2D eigenvalue weighted by Gasteiger charge is -1.76. The van der Waals surface area contributed by atoms with Crippen molar-refractivity contribution in [1.29, 1.82) is 10.5 Å². The van der Waals surface area contributed by atoms with E-state index < -0.39 is 5.91 Å². The number of hydrogen-bond donors (Lipinski definition) is 1. The lowest BCUT2D eigenvalue weighted by atomic mass is 10.3. The minimum absolute atomic E-state index is 0.275. The van der Waals surface area contributed by atoms with Crippen LogP contribution in [0.5, 0.6) is 0 Å². The normalized spacial score (nSPS) is 6.44. The van der Waals surface area contributed by atoms with Crippen molar-refractivity contribution in [3.63, 3.8) is 0 Å². The third-order valence-electron chi connectivity index (χ3n) is 0.527. The average molecular weight is 121 g/mol. The minimum atomic E-state index is -0.784. The van der Waals surface area contributed by atoms with Crippen LogP contribution in [0.15, 0.2) is 11.6 Å². The molecule has 0 bridgehead atoms. The standard InChI is InChI=1S/C5H3N3O/c6-2-4(3-7)1-5(8)9/h1H,(H2,8,9). The summed E-state index contributed by atoms with van der Waals surface area (Å²) in [6, 6.07) is 2.96. The Morgan fingerprint density at radius 3 is 2.00 bits per heavy atom. The van der Waals surface area contributed by atoms with Gasteiger partial charge >= 0.3 is 0 Å².